The van der Waals surface area contributed by atoms with Crippen LogP contribution in [-0.4, -0.2) is 17.2 Å². The van der Waals surface area contributed by atoms with Gasteiger partial charge >= 0.3 is 0 Å². The van der Waals surface area contributed by atoms with Gasteiger partial charge < -0.3 is 9.84 Å². The van der Waals surface area contributed by atoms with E-state index in [1.807, 2.05) is 6.07 Å². The second kappa shape index (κ2) is 8.91. The number of benzene rings is 2. The highest BCUT2D eigenvalue weighted by atomic mass is 35.5. The first-order chi connectivity index (χ1) is 12.8. The summed E-state index contributed by atoms with van der Waals surface area (Å²) in [4.78, 5) is 4.29. The molecule has 3 aromatic rings. The van der Waals surface area contributed by atoms with Crippen LogP contribution in [0.4, 0.5) is 4.39 Å². The molecule has 0 saturated heterocycles. The standard InChI is InChI=1S/C22H21ClFNO2.ClH/c1-22(2,26)19-10-7-14(13-25-19)11-16-8-9-18(27-3)20(21(16)24)15-5-4-6-17(23)12-15;/h4-10,12-13,26H,11H2,1-3H3;1H. The second-order valence-electron chi connectivity index (χ2n) is 6.91. The molecule has 3 nitrogen and oxygen atoms in total. The lowest BCUT2D eigenvalue weighted by atomic mass is 9.97. The molecule has 3 rings (SSSR count). The number of aliphatic hydroxyl groups is 1. The molecule has 1 aromatic heterocycles. The zero-order valence-electron chi connectivity index (χ0n) is 15.9. The van der Waals surface area contributed by atoms with Crippen LogP contribution in [0.15, 0.2) is 54.7 Å². The van der Waals surface area contributed by atoms with Crippen LogP contribution in [0, 0.1) is 5.82 Å². The maximum absolute atomic E-state index is 15.3. The zero-order valence-corrected chi connectivity index (χ0v) is 17.4. The Hall–Kier alpha value is -2.14. The fraction of sp³-hybridized carbons (Fsp3) is 0.227. The smallest absolute Gasteiger partial charge is 0.138 e. The summed E-state index contributed by atoms with van der Waals surface area (Å²) >= 11 is 6.07. The third-order valence-corrected chi connectivity index (χ3v) is 4.60. The lowest BCUT2D eigenvalue weighted by Crippen LogP contribution is -2.17. The van der Waals surface area contributed by atoms with Gasteiger partial charge in [0.25, 0.3) is 0 Å². The Morgan fingerprint density at radius 1 is 1.14 bits per heavy atom. The molecular formula is C22H22Cl2FNO2. The van der Waals surface area contributed by atoms with Crippen LogP contribution >= 0.6 is 24.0 Å². The van der Waals surface area contributed by atoms with Crippen molar-refractivity contribution in [2.45, 2.75) is 25.9 Å². The first-order valence-electron chi connectivity index (χ1n) is 8.58. The monoisotopic (exact) mass is 421 g/mol. The van der Waals surface area contributed by atoms with E-state index in [0.717, 1.165) is 5.56 Å². The predicted molar refractivity (Wildman–Crippen MR) is 113 cm³/mol. The van der Waals surface area contributed by atoms with Gasteiger partial charge in [0.05, 0.1) is 18.4 Å². The van der Waals surface area contributed by atoms with Crippen LogP contribution in [0.1, 0.15) is 30.7 Å². The Labute approximate surface area is 175 Å². The quantitative estimate of drug-likeness (QED) is 0.566. The van der Waals surface area contributed by atoms with Crippen LogP contribution in [0.3, 0.4) is 0 Å². The maximum atomic E-state index is 15.3. The minimum atomic E-state index is -1.01. The molecule has 0 spiro atoms. The fourth-order valence-electron chi connectivity index (χ4n) is 2.93. The molecular weight excluding hydrogens is 400 g/mol. The molecule has 0 aliphatic rings. The Morgan fingerprint density at radius 2 is 1.89 bits per heavy atom. The van der Waals surface area contributed by atoms with Crippen LogP contribution < -0.4 is 4.74 Å². The van der Waals surface area contributed by atoms with Crippen molar-refractivity contribution in [3.63, 3.8) is 0 Å². The summed E-state index contributed by atoms with van der Waals surface area (Å²) < 4.78 is 20.7. The summed E-state index contributed by atoms with van der Waals surface area (Å²) in [6.07, 6.45) is 2.04. The molecule has 0 saturated carbocycles. The number of ether oxygens (including phenoxy) is 1. The molecule has 28 heavy (non-hydrogen) atoms. The number of rotatable bonds is 5. The number of aromatic nitrogens is 1. The van der Waals surface area contributed by atoms with Gasteiger partial charge in [-0.3, -0.25) is 4.98 Å². The molecule has 0 atom stereocenters. The molecule has 0 bridgehead atoms. The van der Waals surface area contributed by atoms with Gasteiger partial charge in [0.2, 0.25) is 0 Å². The van der Waals surface area contributed by atoms with Crippen molar-refractivity contribution in [2.24, 2.45) is 0 Å². The minimum Gasteiger partial charge on any atom is -0.496 e. The van der Waals surface area contributed by atoms with Crippen LogP contribution in [0.2, 0.25) is 5.02 Å². The molecule has 0 amide bonds. The third-order valence-electron chi connectivity index (χ3n) is 4.36. The topological polar surface area (TPSA) is 42.4 Å². The van der Waals surface area contributed by atoms with Crippen molar-refractivity contribution >= 4 is 24.0 Å². The molecule has 1 heterocycles. The van der Waals surface area contributed by atoms with E-state index in [0.29, 0.717) is 39.6 Å². The number of hydrogen-bond acceptors (Lipinski definition) is 3. The molecule has 0 unspecified atom stereocenters. The normalized spacial score (nSPS) is 11.1. The molecule has 1 N–H and O–H groups in total. The van der Waals surface area contributed by atoms with Gasteiger partial charge in [-0.2, -0.15) is 0 Å². The highest BCUT2D eigenvalue weighted by Gasteiger charge is 2.19. The van der Waals surface area contributed by atoms with E-state index in [1.165, 1.54) is 7.11 Å². The van der Waals surface area contributed by atoms with Crippen molar-refractivity contribution in [2.75, 3.05) is 7.11 Å². The summed E-state index contributed by atoms with van der Waals surface area (Å²) in [6.45, 7) is 3.35. The summed E-state index contributed by atoms with van der Waals surface area (Å²) in [5.41, 5.74) is 1.99. The molecule has 0 radical (unpaired) electrons. The van der Waals surface area contributed by atoms with Gasteiger partial charge in [-0.25, -0.2) is 4.39 Å². The number of hydrogen-bond donors (Lipinski definition) is 1. The Bertz CT molecular complexity index is 954. The van der Waals surface area contributed by atoms with E-state index in [1.54, 1.807) is 62.5 Å². The van der Waals surface area contributed by atoms with Crippen LogP contribution in [-0.2, 0) is 12.0 Å². The van der Waals surface area contributed by atoms with E-state index >= 15 is 4.39 Å². The summed E-state index contributed by atoms with van der Waals surface area (Å²) in [5, 5.41) is 10.5. The van der Waals surface area contributed by atoms with Gasteiger partial charge in [-0.05, 0) is 54.8 Å². The third kappa shape index (κ3) is 4.82. The molecule has 0 aliphatic heterocycles. The van der Waals surface area contributed by atoms with E-state index in [2.05, 4.69) is 4.98 Å². The van der Waals surface area contributed by atoms with E-state index < -0.39 is 5.60 Å². The zero-order chi connectivity index (χ0) is 19.6. The predicted octanol–water partition coefficient (Wildman–Crippen LogP) is 5.79. The Morgan fingerprint density at radius 3 is 2.46 bits per heavy atom. The van der Waals surface area contributed by atoms with E-state index in [9.17, 15) is 5.11 Å². The highest BCUT2D eigenvalue weighted by Crippen LogP contribution is 2.36. The molecule has 0 fully saturated rings. The largest absolute Gasteiger partial charge is 0.496 e. The van der Waals surface area contributed by atoms with Gasteiger partial charge in [-0.1, -0.05) is 35.9 Å². The van der Waals surface area contributed by atoms with Crippen LogP contribution in [0.25, 0.3) is 11.1 Å². The van der Waals surface area contributed by atoms with E-state index in [4.69, 9.17) is 16.3 Å². The average Bonchev–Trinajstić information content (AvgIpc) is 2.63. The number of methoxy groups -OCH3 is 1. The summed E-state index contributed by atoms with van der Waals surface area (Å²) in [7, 11) is 1.52. The van der Waals surface area contributed by atoms with Crippen molar-refractivity contribution < 1.29 is 14.2 Å². The second-order valence-corrected chi connectivity index (χ2v) is 7.35. The minimum absolute atomic E-state index is 0. The number of nitrogens with zero attached hydrogens (tertiary/aromatic N) is 1. The summed E-state index contributed by atoms with van der Waals surface area (Å²) in [6, 6.07) is 14.1. The van der Waals surface area contributed by atoms with Gasteiger partial charge in [0.1, 0.15) is 17.2 Å². The molecule has 0 aliphatic carbocycles. The van der Waals surface area contributed by atoms with Crippen molar-refractivity contribution in [3.8, 4) is 16.9 Å². The molecule has 2 aromatic carbocycles. The lowest BCUT2D eigenvalue weighted by Gasteiger charge is -2.17. The SMILES string of the molecule is COc1ccc(Cc2ccc(C(C)(C)O)nc2)c(F)c1-c1cccc(Cl)c1.Cl. The molecule has 6 heteroatoms. The van der Waals surface area contributed by atoms with Crippen molar-refractivity contribution in [1.82, 2.24) is 4.98 Å². The Kier molecular flexibility index (Phi) is 7.05. The number of pyridine rings is 1. The first kappa shape index (κ1) is 22.2. The maximum Gasteiger partial charge on any atom is 0.138 e. The average molecular weight is 422 g/mol. The van der Waals surface area contributed by atoms with Crippen molar-refractivity contribution in [1.29, 1.82) is 0 Å². The van der Waals surface area contributed by atoms with Crippen LogP contribution in [0.5, 0.6) is 5.75 Å². The van der Waals surface area contributed by atoms with Gasteiger partial charge in [0.15, 0.2) is 0 Å². The lowest BCUT2D eigenvalue weighted by molar-refractivity contribution is 0.0738. The van der Waals surface area contributed by atoms with Crippen molar-refractivity contribution in [3.05, 3.63) is 82.4 Å². The Balaban J connectivity index is 0.00000280. The van der Waals surface area contributed by atoms with Gasteiger partial charge in [-0.15, -0.1) is 12.4 Å². The molecule has 148 valence electrons. The first-order valence-corrected chi connectivity index (χ1v) is 8.96. The number of halogens is 3. The summed E-state index contributed by atoms with van der Waals surface area (Å²) in [5.74, 6) is 0.109. The van der Waals surface area contributed by atoms with E-state index in [-0.39, 0.29) is 18.2 Å². The van der Waals surface area contributed by atoms with Gasteiger partial charge in [0, 0.05) is 17.6 Å². The fourth-order valence-corrected chi connectivity index (χ4v) is 3.12. The highest BCUT2D eigenvalue weighted by molar-refractivity contribution is 6.30.